The molecule has 0 unspecified atom stereocenters. The lowest BCUT2D eigenvalue weighted by atomic mass is 10.1. The van der Waals surface area contributed by atoms with Crippen LogP contribution >= 0.6 is 11.8 Å². The van der Waals surface area contributed by atoms with Crippen LogP contribution in [-0.4, -0.2) is 24.9 Å². The number of aryl methyl sites for hydroxylation is 1. The molecule has 0 aliphatic rings. The van der Waals surface area contributed by atoms with Crippen molar-refractivity contribution in [2.45, 2.75) is 18.0 Å². The first-order valence-corrected chi connectivity index (χ1v) is 6.19. The highest BCUT2D eigenvalue weighted by atomic mass is 32.2. The highest BCUT2D eigenvalue weighted by Gasteiger charge is 2.28. The van der Waals surface area contributed by atoms with Crippen molar-refractivity contribution < 1.29 is 22.8 Å². The van der Waals surface area contributed by atoms with E-state index in [1.54, 1.807) is 24.5 Å². The second-order valence-corrected chi connectivity index (χ2v) is 4.40. The molecular formula is C11H12F3NO2S. The van der Waals surface area contributed by atoms with E-state index in [1.165, 1.54) is 11.8 Å². The number of halogens is 3. The highest BCUT2D eigenvalue weighted by Crippen LogP contribution is 2.19. The molecule has 0 aromatic heterocycles. The normalized spacial score (nSPS) is 11.4. The third-order valence-electron chi connectivity index (χ3n) is 2.09. The van der Waals surface area contributed by atoms with E-state index in [4.69, 9.17) is 0 Å². The molecule has 1 N–H and O–H groups in total. The minimum atomic E-state index is -4.47. The average molecular weight is 279 g/mol. The molecule has 0 aliphatic heterocycles. The molecule has 1 amide bonds. The van der Waals surface area contributed by atoms with E-state index in [0.717, 1.165) is 4.90 Å². The zero-order valence-corrected chi connectivity index (χ0v) is 10.6. The minimum Gasteiger partial charge on any atom is -0.267 e. The summed E-state index contributed by atoms with van der Waals surface area (Å²) in [6.07, 6.45) is -2.63. The first kappa shape index (κ1) is 14.8. The quantitative estimate of drug-likeness (QED) is 0.680. The van der Waals surface area contributed by atoms with Gasteiger partial charge < -0.3 is 0 Å². The van der Waals surface area contributed by atoms with Gasteiger partial charge in [0.2, 0.25) is 0 Å². The molecule has 0 atom stereocenters. The van der Waals surface area contributed by atoms with Gasteiger partial charge in [0.15, 0.2) is 6.61 Å². The molecule has 0 saturated heterocycles. The minimum absolute atomic E-state index is 0.295. The Hall–Kier alpha value is -1.21. The molecule has 0 heterocycles. The second kappa shape index (κ2) is 6.10. The van der Waals surface area contributed by atoms with E-state index < -0.39 is 18.7 Å². The standard InChI is InChI=1S/C11H12F3NO2S/c1-7-3-4-8(18-2)5-9(7)10(16)15-17-6-11(12,13)14/h3-5H,6H2,1-2H3,(H,15,16). The number of amides is 1. The Morgan fingerprint density at radius 3 is 2.67 bits per heavy atom. The maximum atomic E-state index is 11.8. The second-order valence-electron chi connectivity index (χ2n) is 3.52. The maximum absolute atomic E-state index is 11.8. The Bertz CT molecular complexity index is 435. The monoisotopic (exact) mass is 279 g/mol. The van der Waals surface area contributed by atoms with E-state index >= 15 is 0 Å². The van der Waals surface area contributed by atoms with Crippen LogP contribution in [0.25, 0.3) is 0 Å². The molecule has 0 saturated carbocycles. The van der Waals surface area contributed by atoms with Gasteiger partial charge >= 0.3 is 6.18 Å². The van der Waals surface area contributed by atoms with Crippen molar-refractivity contribution in [3.8, 4) is 0 Å². The summed E-state index contributed by atoms with van der Waals surface area (Å²) < 4.78 is 35.5. The van der Waals surface area contributed by atoms with Crippen molar-refractivity contribution in [1.82, 2.24) is 5.48 Å². The van der Waals surface area contributed by atoms with E-state index in [-0.39, 0.29) is 0 Å². The molecule has 0 aliphatic carbocycles. The molecule has 1 rings (SSSR count). The van der Waals surface area contributed by atoms with Gasteiger partial charge in [-0.1, -0.05) is 6.07 Å². The Labute approximate surface area is 107 Å². The number of benzene rings is 1. The molecule has 1 aromatic carbocycles. The van der Waals surface area contributed by atoms with Gasteiger partial charge in [-0.25, -0.2) is 5.48 Å². The van der Waals surface area contributed by atoms with E-state index in [2.05, 4.69) is 4.84 Å². The summed E-state index contributed by atoms with van der Waals surface area (Å²) in [5, 5.41) is 0. The van der Waals surface area contributed by atoms with Crippen molar-refractivity contribution in [2.75, 3.05) is 12.9 Å². The predicted octanol–water partition coefficient (Wildman–Crippen LogP) is 2.94. The van der Waals surface area contributed by atoms with Crippen LogP contribution < -0.4 is 5.48 Å². The summed E-state index contributed by atoms with van der Waals surface area (Å²) in [5.41, 5.74) is 2.74. The SMILES string of the molecule is CSc1ccc(C)c(C(=O)NOCC(F)(F)F)c1. The number of carbonyl (C=O) groups is 1. The lowest BCUT2D eigenvalue weighted by Gasteiger charge is -2.10. The molecule has 0 spiro atoms. The number of hydrogen-bond donors (Lipinski definition) is 1. The van der Waals surface area contributed by atoms with E-state index in [1.807, 2.05) is 12.3 Å². The number of nitrogens with one attached hydrogen (secondary N) is 1. The van der Waals surface area contributed by atoms with Gasteiger partial charge in [-0.15, -0.1) is 11.8 Å². The Morgan fingerprint density at radius 1 is 1.44 bits per heavy atom. The highest BCUT2D eigenvalue weighted by molar-refractivity contribution is 7.98. The van der Waals surface area contributed by atoms with Gasteiger partial charge in [-0.2, -0.15) is 13.2 Å². The van der Waals surface area contributed by atoms with Crippen LogP contribution in [-0.2, 0) is 4.84 Å². The predicted molar refractivity (Wildman–Crippen MR) is 62.4 cm³/mol. The summed E-state index contributed by atoms with van der Waals surface area (Å²) >= 11 is 1.44. The van der Waals surface area contributed by atoms with Crippen LogP contribution in [0.3, 0.4) is 0 Å². The van der Waals surface area contributed by atoms with Crippen molar-refractivity contribution in [1.29, 1.82) is 0 Å². The number of hydroxylamine groups is 1. The first-order valence-electron chi connectivity index (χ1n) is 4.97. The van der Waals surface area contributed by atoms with Gasteiger partial charge in [-0.05, 0) is 30.9 Å². The molecule has 0 fully saturated rings. The third kappa shape index (κ3) is 4.58. The van der Waals surface area contributed by atoms with Crippen LogP contribution in [0.5, 0.6) is 0 Å². The van der Waals surface area contributed by atoms with Crippen molar-refractivity contribution in [3.63, 3.8) is 0 Å². The summed E-state index contributed by atoms with van der Waals surface area (Å²) in [7, 11) is 0. The Kier molecular flexibility index (Phi) is 5.03. The third-order valence-corrected chi connectivity index (χ3v) is 2.82. The lowest BCUT2D eigenvalue weighted by molar-refractivity contribution is -0.184. The van der Waals surface area contributed by atoms with Crippen LogP contribution in [0.2, 0.25) is 0 Å². The van der Waals surface area contributed by atoms with Crippen LogP contribution in [0.1, 0.15) is 15.9 Å². The van der Waals surface area contributed by atoms with Crippen LogP contribution in [0, 0.1) is 6.92 Å². The molecule has 0 bridgehead atoms. The van der Waals surface area contributed by atoms with Crippen LogP contribution in [0.15, 0.2) is 23.1 Å². The van der Waals surface area contributed by atoms with Gasteiger partial charge in [0.1, 0.15) is 0 Å². The fourth-order valence-corrected chi connectivity index (χ4v) is 1.65. The molecule has 3 nitrogen and oxygen atoms in total. The van der Waals surface area contributed by atoms with Gasteiger partial charge in [0.25, 0.3) is 5.91 Å². The fraction of sp³-hybridized carbons (Fsp3) is 0.364. The lowest BCUT2D eigenvalue weighted by Crippen LogP contribution is -2.29. The Morgan fingerprint density at radius 2 is 2.11 bits per heavy atom. The summed E-state index contributed by atoms with van der Waals surface area (Å²) in [6.45, 7) is 0.183. The van der Waals surface area contributed by atoms with Crippen molar-refractivity contribution in [2.24, 2.45) is 0 Å². The fourth-order valence-electron chi connectivity index (χ4n) is 1.21. The molecule has 0 radical (unpaired) electrons. The molecule has 100 valence electrons. The smallest absolute Gasteiger partial charge is 0.267 e. The number of carbonyl (C=O) groups excluding carboxylic acids is 1. The zero-order valence-electron chi connectivity index (χ0n) is 9.80. The summed E-state index contributed by atoms with van der Waals surface area (Å²) in [6, 6.07) is 5.16. The van der Waals surface area contributed by atoms with Gasteiger partial charge in [0.05, 0.1) is 0 Å². The first-order chi connectivity index (χ1) is 8.33. The molecular weight excluding hydrogens is 267 g/mol. The molecule has 18 heavy (non-hydrogen) atoms. The number of rotatable bonds is 4. The summed E-state index contributed by atoms with van der Waals surface area (Å²) in [5.74, 6) is -0.687. The zero-order chi connectivity index (χ0) is 13.8. The average Bonchev–Trinajstić information content (AvgIpc) is 2.27. The van der Waals surface area contributed by atoms with Gasteiger partial charge in [0, 0.05) is 10.5 Å². The molecule has 1 aromatic rings. The Balaban J connectivity index is 2.66. The maximum Gasteiger partial charge on any atom is 0.414 e. The van der Waals surface area contributed by atoms with Gasteiger partial charge in [-0.3, -0.25) is 9.63 Å². The van der Waals surface area contributed by atoms with Crippen molar-refractivity contribution in [3.05, 3.63) is 29.3 Å². The van der Waals surface area contributed by atoms with Crippen LogP contribution in [0.4, 0.5) is 13.2 Å². The largest absolute Gasteiger partial charge is 0.414 e. The number of alkyl halides is 3. The number of hydrogen-bond acceptors (Lipinski definition) is 3. The number of thioether (sulfide) groups is 1. The topological polar surface area (TPSA) is 38.3 Å². The summed E-state index contributed by atoms with van der Waals surface area (Å²) in [4.78, 5) is 16.6. The van der Waals surface area contributed by atoms with E-state index in [9.17, 15) is 18.0 Å². The van der Waals surface area contributed by atoms with Crippen molar-refractivity contribution >= 4 is 17.7 Å². The van der Waals surface area contributed by atoms with E-state index in [0.29, 0.717) is 11.1 Å². The molecule has 7 heteroatoms.